The summed E-state index contributed by atoms with van der Waals surface area (Å²) in [6, 6.07) is 11.2. The van der Waals surface area contributed by atoms with Gasteiger partial charge in [-0.2, -0.15) is 15.2 Å². The first-order valence-corrected chi connectivity index (χ1v) is 16.0. The topological polar surface area (TPSA) is 98.1 Å². The Kier molecular flexibility index (Phi) is 9.32. The van der Waals surface area contributed by atoms with E-state index in [2.05, 4.69) is 27.3 Å². The number of nitrogens with zero attached hydrogens (tertiary/aromatic N) is 7. The first-order valence-electron chi connectivity index (χ1n) is 15.6. The zero-order valence-corrected chi connectivity index (χ0v) is 27.1. The fourth-order valence-corrected chi connectivity index (χ4v) is 7.30. The van der Waals surface area contributed by atoms with Crippen LogP contribution in [-0.2, 0) is 22.5 Å². The van der Waals surface area contributed by atoms with Crippen molar-refractivity contribution in [3.8, 4) is 12.1 Å². The van der Waals surface area contributed by atoms with Gasteiger partial charge in [0.15, 0.2) is 0 Å². The molecular weight excluding hydrogens is 609 g/mol. The number of nitriles is 1. The van der Waals surface area contributed by atoms with E-state index in [9.17, 15) is 14.4 Å². The van der Waals surface area contributed by atoms with Gasteiger partial charge in [0, 0.05) is 61.4 Å². The summed E-state index contributed by atoms with van der Waals surface area (Å²) in [6.45, 7) is 8.70. The highest BCUT2D eigenvalue weighted by molar-refractivity contribution is 6.36. The Labute approximate surface area is 273 Å². The van der Waals surface area contributed by atoms with Crippen molar-refractivity contribution in [2.24, 2.45) is 5.41 Å². The first kappa shape index (κ1) is 32.0. The quantitative estimate of drug-likeness (QED) is 0.312. The monoisotopic (exact) mass is 647 g/mol. The van der Waals surface area contributed by atoms with E-state index in [4.69, 9.17) is 31.0 Å². The second kappa shape index (κ2) is 13.4. The fraction of sp³-hybridized carbons (Fsp3) is 0.471. The number of anilines is 2. The van der Waals surface area contributed by atoms with Crippen molar-refractivity contribution in [3.63, 3.8) is 0 Å². The van der Waals surface area contributed by atoms with Crippen LogP contribution >= 0.6 is 11.6 Å². The number of hydrogen-bond donors (Lipinski definition) is 0. The van der Waals surface area contributed by atoms with E-state index in [1.54, 1.807) is 11.0 Å². The Bertz CT molecular complexity index is 1670. The van der Waals surface area contributed by atoms with E-state index in [0.29, 0.717) is 64.4 Å². The Morgan fingerprint density at radius 1 is 1.26 bits per heavy atom. The average molecular weight is 648 g/mol. The molecule has 0 bridgehead atoms. The molecule has 0 N–H and O–H groups in total. The predicted molar refractivity (Wildman–Crippen MR) is 176 cm³/mol. The van der Waals surface area contributed by atoms with Gasteiger partial charge in [-0.3, -0.25) is 4.79 Å². The van der Waals surface area contributed by atoms with Gasteiger partial charge in [-0.1, -0.05) is 36.4 Å². The van der Waals surface area contributed by atoms with Crippen LogP contribution in [0.4, 0.5) is 15.9 Å². The zero-order chi connectivity index (χ0) is 32.4. The number of ether oxygens (including phenoxy) is 2. The number of carbonyl (C=O) groups is 1. The lowest BCUT2D eigenvalue weighted by atomic mass is 9.88. The molecule has 0 spiro atoms. The smallest absolute Gasteiger partial charge is 0.318 e. The lowest BCUT2D eigenvalue weighted by Gasteiger charge is -2.42. The Hall–Kier alpha value is -3.98. The molecule has 6 rings (SSSR count). The molecule has 1 unspecified atom stereocenters. The molecule has 2 atom stereocenters. The van der Waals surface area contributed by atoms with Gasteiger partial charge >= 0.3 is 6.01 Å². The predicted octanol–water partition coefficient (Wildman–Crippen LogP) is 4.45. The van der Waals surface area contributed by atoms with E-state index in [1.807, 2.05) is 32.3 Å². The molecule has 0 saturated carbocycles. The summed E-state index contributed by atoms with van der Waals surface area (Å²) in [5, 5.41) is 11.2. The van der Waals surface area contributed by atoms with E-state index >= 15 is 0 Å². The van der Waals surface area contributed by atoms with Crippen molar-refractivity contribution in [2.45, 2.75) is 31.8 Å². The molecule has 1 aromatic heterocycles. The van der Waals surface area contributed by atoms with Gasteiger partial charge in [0.05, 0.1) is 42.4 Å². The van der Waals surface area contributed by atoms with Crippen molar-refractivity contribution >= 4 is 39.8 Å². The summed E-state index contributed by atoms with van der Waals surface area (Å²) >= 11 is 6.51. The van der Waals surface area contributed by atoms with Crippen LogP contribution in [-0.4, -0.2) is 98.4 Å². The molecule has 12 heteroatoms. The van der Waals surface area contributed by atoms with Gasteiger partial charge in [-0.15, -0.1) is 0 Å². The van der Waals surface area contributed by atoms with Crippen molar-refractivity contribution in [1.82, 2.24) is 19.8 Å². The zero-order valence-electron chi connectivity index (χ0n) is 26.3. The van der Waals surface area contributed by atoms with Gasteiger partial charge in [-0.05, 0) is 50.5 Å². The van der Waals surface area contributed by atoms with Crippen LogP contribution in [0.1, 0.15) is 24.1 Å². The van der Waals surface area contributed by atoms with Gasteiger partial charge in [0.1, 0.15) is 18.2 Å². The average Bonchev–Trinajstić information content (AvgIpc) is 3.52. The van der Waals surface area contributed by atoms with Crippen molar-refractivity contribution < 1.29 is 18.7 Å². The molecule has 1 amide bonds. The number of carbonyl (C=O) groups excluding carboxylic acids is 1. The van der Waals surface area contributed by atoms with Crippen LogP contribution in [0.25, 0.3) is 10.8 Å². The third-order valence-corrected chi connectivity index (χ3v) is 9.56. The molecule has 3 aliphatic rings. The lowest BCUT2D eigenvalue weighted by Crippen LogP contribution is -2.55. The van der Waals surface area contributed by atoms with E-state index in [-0.39, 0.29) is 34.8 Å². The summed E-state index contributed by atoms with van der Waals surface area (Å²) in [5.41, 5.74) is 2.50. The van der Waals surface area contributed by atoms with Crippen LogP contribution in [0.2, 0.25) is 5.02 Å². The number of halogens is 2. The third kappa shape index (κ3) is 6.34. The normalized spacial score (nSPS) is 21.4. The van der Waals surface area contributed by atoms with Crippen LogP contribution in [0, 0.1) is 22.6 Å². The minimum absolute atomic E-state index is 0.103. The lowest BCUT2D eigenvalue weighted by molar-refractivity contribution is -0.128. The van der Waals surface area contributed by atoms with Gasteiger partial charge in [0.25, 0.3) is 0 Å². The summed E-state index contributed by atoms with van der Waals surface area (Å²) in [4.78, 5) is 30.7. The maximum atomic E-state index is 14.6. The molecule has 4 heterocycles. The van der Waals surface area contributed by atoms with Crippen molar-refractivity contribution in [3.05, 3.63) is 65.1 Å². The number of amides is 1. The second-order valence-electron chi connectivity index (χ2n) is 12.7. The number of fused-ring (bicyclic) bond motifs is 2. The standard InChI is InChI=1S/C34H39ClFN7O3/c1-4-29(44)43-16-15-42(18-24(43)10-13-37)32-25-11-14-41(28-7-5-6-23-8-9-26(36)31(35)30(23)28)19-27(25)38-33(39-32)46-22-34(20-40(2)3)12-17-45-21-34/h4-9,24H,1,10-12,14-22H2,2-3H3/t24-,34?/m0/s1. The number of rotatable bonds is 9. The summed E-state index contributed by atoms with van der Waals surface area (Å²) in [5.74, 6) is 0.127. The van der Waals surface area contributed by atoms with Crippen LogP contribution in [0.15, 0.2) is 43.0 Å². The Morgan fingerprint density at radius 3 is 2.85 bits per heavy atom. The minimum atomic E-state index is -0.456. The molecule has 3 aliphatic heterocycles. The van der Waals surface area contributed by atoms with E-state index < -0.39 is 5.82 Å². The highest BCUT2D eigenvalue weighted by Crippen LogP contribution is 2.38. The maximum Gasteiger partial charge on any atom is 0.318 e. The van der Waals surface area contributed by atoms with Crippen LogP contribution < -0.4 is 14.5 Å². The molecule has 10 nitrogen and oxygen atoms in total. The molecule has 242 valence electrons. The van der Waals surface area contributed by atoms with E-state index in [0.717, 1.165) is 41.1 Å². The molecule has 2 fully saturated rings. The van der Waals surface area contributed by atoms with Gasteiger partial charge in [-0.25, -0.2) is 4.39 Å². The number of aromatic nitrogens is 2. The molecule has 0 aliphatic carbocycles. The molecule has 3 aromatic rings. The fourth-order valence-electron chi connectivity index (χ4n) is 7.03. The first-order chi connectivity index (χ1) is 22.2. The summed E-state index contributed by atoms with van der Waals surface area (Å²) < 4.78 is 26.8. The summed E-state index contributed by atoms with van der Waals surface area (Å²) in [7, 11) is 4.09. The maximum absolute atomic E-state index is 14.6. The van der Waals surface area contributed by atoms with Gasteiger partial charge in [0.2, 0.25) is 5.91 Å². The Morgan fingerprint density at radius 2 is 2.11 bits per heavy atom. The highest BCUT2D eigenvalue weighted by atomic mass is 35.5. The van der Waals surface area contributed by atoms with Crippen LogP contribution in [0.3, 0.4) is 0 Å². The number of benzene rings is 2. The Balaban J connectivity index is 1.36. The van der Waals surface area contributed by atoms with Crippen molar-refractivity contribution in [1.29, 1.82) is 5.26 Å². The molecule has 46 heavy (non-hydrogen) atoms. The second-order valence-corrected chi connectivity index (χ2v) is 13.1. The van der Waals surface area contributed by atoms with Crippen molar-refractivity contribution in [2.75, 3.05) is 76.4 Å². The number of hydrogen-bond acceptors (Lipinski definition) is 9. The molecule has 0 radical (unpaired) electrons. The highest BCUT2D eigenvalue weighted by Gasteiger charge is 2.38. The molecule has 2 saturated heterocycles. The van der Waals surface area contributed by atoms with Gasteiger partial charge < -0.3 is 29.1 Å². The minimum Gasteiger partial charge on any atom is -0.463 e. The number of piperazine rings is 1. The van der Waals surface area contributed by atoms with E-state index in [1.165, 1.54) is 12.1 Å². The van der Waals surface area contributed by atoms with Crippen LogP contribution in [0.5, 0.6) is 6.01 Å². The molecule has 2 aromatic carbocycles. The largest absolute Gasteiger partial charge is 0.463 e. The summed E-state index contributed by atoms with van der Waals surface area (Å²) in [6.07, 6.45) is 3.02. The third-order valence-electron chi connectivity index (χ3n) is 9.19. The SMILES string of the molecule is C=CC(=O)N1CCN(c2nc(OCC3(CN(C)C)CCOC3)nc3c2CCN(c2cccc4ccc(F)c(Cl)c24)C3)C[C@@H]1CC#N. The molecular formula is C34H39ClFN7O3.